The summed E-state index contributed by atoms with van der Waals surface area (Å²) >= 11 is 1.99. The van der Waals surface area contributed by atoms with Crippen LogP contribution in [0.15, 0.2) is 39.7 Å². The second-order valence-electron chi connectivity index (χ2n) is 5.47. The van der Waals surface area contributed by atoms with E-state index in [1.807, 2.05) is 22.6 Å². The maximum Gasteiger partial charge on any atom is 0.280 e. The number of furan rings is 1. The third-order valence-electron chi connectivity index (χ3n) is 3.95. The third kappa shape index (κ3) is 3.37. The van der Waals surface area contributed by atoms with Gasteiger partial charge < -0.3 is 14.1 Å². The predicted octanol–water partition coefficient (Wildman–Crippen LogP) is 2.08. The molecule has 0 spiro atoms. The van der Waals surface area contributed by atoms with E-state index in [1.165, 1.54) is 30.0 Å². The number of fused-ring (bicyclic) bond motifs is 1. The highest BCUT2D eigenvalue weighted by molar-refractivity contribution is 14.1. The molecule has 26 heavy (non-hydrogen) atoms. The molecule has 1 aromatic carbocycles. The minimum absolute atomic E-state index is 0.00693. The molecule has 0 fully saturated rings. The van der Waals surface area contributed by atoms with E-state index in [0.29, 0.717) is 5.56 Å². The highest BCUT2D eigenvalue weighted by atomic mass is 127. The lowest BCUT2D eigenvalue weighted by Gasteiger charge is -2.15. The number of aliphatic hydroxyl groups excluding tert-OH is 1. The number of benzene rings is 1. The summed E-state index contributed by atoms with van der Waals surface area (Å²) in [5, 5.41) is 8.95. The van der Waals surface area contributed by atoms with Crippen molar-refractivity contribution in [1.29, 1.82) is 0 Å². The van der Waals surface area contributed by atoms with Crippen molar-refractivity contribution in [1.82, 2.24) is 10.0 Å². The molecule has 0 saturated heterocycles. The Morgan fingerprint density at radius 2 is 2.19 bits per heavy atom. The van der Waals surface area contributed by atoms with Gasteiger partial charge in [0.25, 0.3) is 11.5 Å². The van der Waals surface area contributed by atoms with Crippen LogP contribution in [0.1, 0.15) is 21.6 Å². The topological polar surface area (TPSA) is 93.7 Å². The highest BCUT2D eigenvalue weighted by Gasteiger charge is 2.24. The number of aliphatic hydroxyl groups is 1. The van der Waals surface area contributed by atoms with Crippen LogP contribution in [-0.2, 0) is 18.3 Å². The SMILES string of the molecule is Cn1c(Cc2ccc(I)cc2F)c(C(=O)NOCO)c2occc2c1=O. The van der Waals surface area contributed by atoms with Gasteiger partial charge in [-0.05, 0) is 46.4 Å². The van der Waals surface area contributed by atoms with E-state index in [1.54, 1.807) is 12.1 Å². The van der Waals surface area contributed by atoms with Crippen molar-refractivity contribution in [2.24, 2.45) is 7.05 Å². The molecule has 136 valence electrons. The van der Waals surface area contributed by atoms with E-state index >= 15 is 0 Å². The van der Waals surface area contributed by atoms with Gasteiger partial charge in [-0.2, -0.15) is 0 Å². The monoisotopic (exact) mass is 472 g/mol. The van der Waals surface area contributed by atoms with Crippen LogP contribution in [0, 0.1) is 9.39 Å². The van der Waals surface area contributed by atoms with Crippen molar-refractivity contribution in [3.8, 4) is 0 Å². The smallest absolute Gasteiger partial charge is 0.280 e. The number of hydrogen-bond acceptors (Lipinski definition) is 5. The number of rotatable bonds is 5. The summed E-state index contributed by atoms with van der Waals surface area (Å²) in [5.41, 5.74) is 2.40. The molecular formula is C17H14FIN2O5. The lowest BCUT2D eigenvalue weighted by molar-refractivity contribution is -0.0497. The number of hydroxylamine groups is 1. The summed E-state index contributed by atoms with van der Waals surface area (Å²) in [4.78, 5) is 29.6. The number of nitrogens with one attached hydrogen (secondary N) is 1. The highest BCUT2D eigenvalue weighted by Crippen LogP contribution is 2.24. The van der Waals surface area contributed by atoms with Gasteiger partial charge in [0.05, 0.1) is 11.6 Å². The van der Waals surface area contributed by atoms with E-state index in [-0.39, 0.29) is 34.2 Å². The number of amides is 1. The lowest BCUT2D eigenvalue weighted by Crippen LogP contribution is -2.30. The van der Waals surface area contributed by atoms with Gasteiger partial charge in [-0.3, -0.25) is 9.59 Å². The summed E-state index contributed by atoms with van der Waals surface area (Å²) in [6.45, 7) is -0.722. The summed E-state index contributed by atoms with van der Waals surface area (Å²) < 4.78 is 21.6. The Hall–Kier alpha value is -2.24. The number of hydrogen-bond donors (Lipinski definition) is 2. The number of aromatic nitrogens is 1. The van der Waals surface area contributed by atoms with E-state index in [4.69, 9.17) is 9.52 Å². The van der Waals surface area contributed by atoms with E-state index in [0.717, 1.165) is 3.57 Å². The first-order valence-corrected chi connectivity index (χ1v) is 8.58. The van der Waals surface area contributed by atoms with Gasteiger partial charge in [-0.1, -0.05) is 6.07 Å². The van der Waals surface area contributed by atoms with Crippen molar-refractivity contribution < 1.29 is 23.5 Å². The molecule has 0 saturated carbocycles. The Morgan fingerprint density at radius 3 is 2.88 bits per heavy atom. The summed E-state index contributed by atoms with van der Waals surface area (Å²) in [6.07, 6.45) is 1.29. The molecule has 3 aromatic rings. The molecule has 0 aliphatic carbocycles. The van der Waals surface area contributed by atoms with Gasteiger partial charge in [0.2, 0.25) is 0 Å². The van der Waals surface area contributed by atoms with E-state index in [9.17, 15) is 14.0 Å². The first-order valence-electron chi connectivity index (χ1n) is 7.50. The maximum atomic E-state index is 14.3. The molecule has 0 bridgehead atoms. The fraction of sp³-hybridized carbons (Fsp3) is 0.176. The molecule has 7 nitrogen and oxygen atoms in total. The second-order valence-corrected chi connectivity index (χ2v) is 6.71. The zero-order valence-electron chi connectivity index (χ0n) is 13.6. The van der Waals surface area contributed by atoms with Gasteiger partial charge >= 0.3 is 0 Å². The van der Waals surface area contributed by atoms with Gasteiger partial charge in [0, 0.05) is 22.7 Å². The van der Waals surface area contributed by atoms with Crippen LogP contribution in [-0.4, -0.2) is 22.4 Å². The van der Waals surface area contributed by atoms with Crippen molar-refractivity contribution in [2.45, 2.75) is 6.42 Å². The molecule has 0 atom stereocenters. The average molecular weight is 472 g/mol. The minimum Gasteiger partial charge on any atom is -0.463 e. The van der Waals surface area contributed by atoms with Crippen molar-refractivity contribution >= 4 is 39.5 Å². The molecule has 3 rings (SSSR count). The third-order valence-corrected chi connectivity index (χ3v) is 4.62. The molecule has 2 heterocycles. The zero-order valence-corrected chi connectivity index (χ0v) is 15.7. The molecule has 2 N–H and O–H groups in total. The van der Waals surface area contributed by atoms with Crippen LogP contribution in [0.2, 0.25) is 0 Å². The standard InChI is InChI=1S/C17H14FIN2O5/c1-21-13(6-9-2-3-10(19)7-12(9)18)14(16(23)20-26-8-22)15-11(17(21)24)4-5-25-15/h2-5,7,22H,6,8H2,1H3,(H,20,23). The Kier molecular flexibility index (Phi) is 5.39. The van der Waals surface area contributed by atoms with Gasteiger partial charge in [0.15, 0.2) is 12.4 Å². The van der Waals surface area contributed by atoms with Crippen LogP contribution in [0.5, 0.6) is 0 Å². The Morgan fingerprint density at radius 1 is 1.42 bits per heavy atom. The number of halogens is 2. The summed E-state index contributed by atoms with van der Waals surface area (Å²) in [7, 11) is 1.50. The van der Waals surface area contributed by atoms with Crippen molar-refractivity contribution in [3.63, 3.8) is 0 Å². The predicted molar refractivity (Wildman–Crippen MR) is 99.0 cm³/mol. The van der Waals surface area contributed by atoms with Crippen LogP contribution >= 0.6 is 22.6 Å². The molecule has 9 heteroatoms. The first kappa shape index (κ1) is 18.5. The lowest BCUT2D eigenvalue weighted by atomic mass is 10.0. The Balaban J connectivity index is 2.20. The maximum absolute atomic E-state index is 14.3. The number of nitrogens with zero attached hydrogens (tertiary/aromatic N) is 1. The zero-order chi connectivity index (χ0) is 18.8. The van der Waals surface area contributed by atoms with Crippen molar-refractivity contribution in [2.75, 3.05) is 6.79 Å². The number of carbonyl (C=O) groups excluding carboxylic acids is 1. The molecular weight excluding hydrogens is 458 g/mol. The number of pyridine rings is 1. The van der Waals surface area contributed by atoms with Crippen LogP contribution in [0.25, 0.3) is 11.0 Å². The Labute approximate surface area is 160 Å². The van der Waals surface area contributed by atoms with Crippen LogP contribution < -0.4 is 11.0 Å². The largest absolute Gasteiger partial charge is 0.463 e. The van der Waals surface area contributed by atoms with E-state index in [2.05, 4.69) is 10.3 Å². The van der Waals surface area contributed by atoms with Gasteiger partial charge in [-0.25, -0.2) is 14.7 Å². The van der Waals surface area contributed by atoms with Crippen LogP contribution in [0.4, 0.5) is 4.39 Å². The molecule has 2 aromatic heterocycles. The van der Waals surface area contributed by atoms with E-state index < -0.39 is 18.5 Å². The number of carbonyl (C=O) groups is 1. The average Bonchev–Trinajstić information content (AvgIpc) is 3.09. The normalized spacial score (nSPS) is 11.1. The molecule has 0 aliphatic rings. The quantitative estimate of drug-likeness (QED) is 0.337. The van der Waals surface area contributed by atoms with Gasteiger partial charge in [0.1, 0.15) is 11.4 Å². The fourth-order valence-corrected chi connectivity index (χ4v) is 3.16. The second kappa shape index (κ2) is 7.56. The van der Waals surface area contributed by atoms with Gasteiger partial charge in [-0.15, -0.1) is 0 Å². The Bertz CT molecular complexity index is 1040. The molecule has 0 aliphatic heterocycles. The molecule has 1 amide bonds. The fourth-order valence-electron chi connectivity index (χ4n) is 2.71. The summed E-state index contributed by atoms with van der Waals surface area (Å²) in [6, 6.07) is 6.15. The minimum atomic E-state index is -0.722. The summed E-state index contributed by atoms with van der Waals surface area (Å²) in [5.74, 6) is -1.16. The van der Waals surface area contributed by atoms with Crippen molar-refractivity contribution in [3.05, 3.63) is 67.1 Å². The van der Waals surface area contributed by atoms with Crippen LogP contribution in [0.3, 0.4) is 0 Å². The first-order chi connectivity index (χ1) is 12.4. The molecule has 0 unspecified atom stereocenters. The molecule has 0 radical (unpaired) electrons.